The minimum atomic E-state index is -3.74. The molecule has 0 bridgehead atoms. The van der Waals surface area contributed by atoms with Gasteiger partial charge in [0.15, 0.2) is 9.84 Å². The smallest absolute Gasteiger partial charge is 0.264 e. The third kappa shape index (κ3) is 4.59. The molecule has 25 heavy (non-hydrogen) atoms. The Labute approximate surface area is 147 Å². The van der Waals surface area contributed by atoms with Crippen molar-refractivity contribution in [3.63, 3.8) is 0 Å². The lowest BCUT2D eigenvalue weighted by atomic mass is 9.82. The average molecular weight is 374 g/mol. The van der Waals surface area contributed by atoms with Crippen LogP contribution in [0.3, 0.4) is 0 Å². The van der Waals surface area contributed by atoms with Crippen LogP contribution in [0.25, 0.3) is 0 Å². The van der Waals surface area contributed by atoms with Gasteiger partial charge in [0.2, 0.25) is 0 Å². The van der Waals surface area contributed by atoms with Gasteiger partial charge in [0, 0.05) is 18.7 Å². The topological polar surface area (TPSA) is 130 Å². The maximum atomic E-state index is 11.9. The van der Waals surface area contributed by atoms with E-state index in [4.69, 9.17) is 9.73 Å². The van der Waals surface area contributed by atoms with E-state index in [1.807, 2.05) is 0 Å². The van der Waals surface area contributed by atoms with E-state index in [2.05, 4.69) is 5.16 Å². The zero-order valence-corrected chi connectivity index (χ0v) is 15.4. The van der Waals surface area contributed by atoms with Crippen LogP contribution in [0.4, 0.5) is 0 Å². The van der Waals surface area contributed by atoms with E-state index < -0.39 is 26.1 Å². The first-order valence-electron chi connectivity index (χ1n) is 8.41. The van der Waals surface area contributed by atoms with Gasteiger partial charge in [-0.1, -0.05) is 24.4 Å². The highest BCUT2D eigenvalue weighted by Crippen LogP contribution is 2.31. The summed E-state index contributed by atoms with van der Waals surface area (Å²) in [6, 6.07) is 1.69. The molecule has 1 aromatic rings. The number of aromatic nitrogens is 1. The van der Waals surface area contributed by atoms with Gasteiger partial charge in [0.05, 0.1) is 11.3 Å². The number of aryl methyl sites for hydroxylation is 1. The number of amides is 1. The summed E-state index contributed by atoms with van der Waals surface area (Å²) in [6.07, 6.45) is 6.03. The molecule has 1 aliphatic carbocycles. The normalized spacial score (nSPS) is 20.0. The number of aliphatic hydroxyl groups is 1. The molecule has 1 saturated carbocycles. The third-order valence-electron chi connectivity index (χ3n) is 5.15. The third-order valence-corrected chi connectivity index (χ3v) is 7.18. The Bertz CT molecular complexity index is 708. The summed E-state index contributed by atoms with van der Waals surface area (Å²) in [5.74, 6) is -0.428. The number of nitrogens with one attached hydrogen (secondary N) is 1. The van der Waals surface area contributed by atoms with E-state index in [-0.39, 0.29) is 12.8 Å². The van der Waals surface area contributed by atoms with E-state index in [1.165, 1.54) is 12.4 Å². The van der Waals surface area contributed by atoms with Crippen LogP contribution in [-0.4, -0.2) is 46.4 Å². The highest BCUT2D eigenvalue weighted by Gasteiger charge is 2.43. The Balaban J connectivity index is 2.04. The van der Waals surface area contributed by atoms with Gasteiger partial charge in [-0.2, -0.15) is 0 Å². The Morgan fingerprint density at radius 3 is 2.60 bits per heavy atom. The summed E-state index contributed by atoms with van der Waals surface area (Å²) < 4.78 is 27.4. The molecule has 0 aromatic carbocycles. The second-order valence-corrected chi connectivity index (χ2v) is 9.64. The highest BCUT2D eigenvalue weighted by molar-refractivity contribution is 7.92. The van der Waals surface area contributed by atoms with Crippen LogP contribution in [0.2, 0.25) is 0 Å². The van der Waals surface area contributed by atoms with Gasteiger partial charge in [-0.15, -0.1) is 0 Å². The van der Waals surface area contributed by atoms with Crippen molar-refractivity contribution in [3.05, 3.63) is 17.5 Å². The maximum absolute atomic E-state index is 11.9. The minimum Gasteiger partial charge on any atom is -0.389 e. The molecule has 142 valence electrons. The number of hydrogen-bond acceptors (Lipinski definition) is 7. The van der Waals surface area contributed by atoms with Crippen molar-refractivity contribution < 1.29 is 28.0 Å². The van der Waals surface area contributed by atoms with Crippen molar-refractivity contribution in [2.75, 3.05) is 6.26 Å². The zero-order chi connectivity index (χ0) is 18.7. The zero-order valence-electron chi connectivity index (χ0n) is 14.6. The highest BCUT2D eigenvalue weighted by atomic mass is 32.2. The van der Waals surface area contributed by atoms with Crippen molar-refractivity contribution in [3.8, 4) is 0 Å². The van der Waals surface area contributed by atoms with Crippen LogP contribution < -0.4 is 5.48 Å². The number of carbonyl (C=O) groups is 1. The lowest BCUT2D eigenvalue weighted by Gasteiger charge is -2.30. The molecule has 1 aromatic heterocycles. The second-order valence-electron chi connectivity index (χ2n) is 7.19. The molecule has 3 N–H and O–H groups in total. The van der Waals surface area contributed by atoms with Crippen molar-refractivity contribution in [1.82, 2.24) is 10.6 Å². The van der Waals surface area contributed by atoms with Crippen LogP contribution >= 0.6 is 0 Å². The van der Waals surface area contributed by atoms with Crippen LogP contribution in [0.15, 0.2) is 10.6 Å². The quantitative estimate of drug-likeness (QED) is 0.482. The number of nitrogens with zero attached hydrogens (tertiary/aromatic N) is 1. The fourth-order valence-corrected chi connectivity index (χ4v) is 4.08. The lowest BCUT2D eigenvalue weighted by molar-refractivity contribution is -0.131. The number of carbonyl (C=O) groups excluding carboxylic acids is 1. The molecular weight excluding hydrogens is 348 g/mol. The van der Waals surface area contributed by atoms with Gasteiger partial charge in [-0.3, -0.25) is 10.0 Å². The van der Waals surface area contributed by atoms with Crippen LogP contribution in [0.5, 0.6) is 0 Å². The van der Waals surface area contributed by atoms with Crippen LogP contribution in [0.1, 0.15) is 56.9 Å². The van der Waals surface area contributed by atoms with E-state index in [0.717, 1.165) is 38.4 Å². The molecular formula is C16H26N2O6S. The van der Waals surface area contributed by atoms with Crippen molar-refractivity contribution in [2.24, 2.45) is 0 Å². The Morgan fingerprint density at radius 2 is 2.04 bits per heavy atom. The molecule has 1 heterocycles. The Kier molecular flexibility index (Phi) is 5.90. The second kappa shape index (κ2) is 7.43. The number of hydrogen-bond donors (Lipinski definition) is 3. The molecule has 1 unspecified atom stereocenters. The van der Waals surface area contributed by atoms with Crippen LogP contribution in [0, 0.1) is 0 Å². The molecule has 2 rings (SSSR count). The monoisotopic (exact) mass is 374 g/mol. The molecule has 1 fully saturated rings. The van der Waals surface area contributed by atoms with Gasteiger partial charge < -0.3 is 9.63 Å². The van der Waals surface area contributed by atoms with E-state index >= 15 is 0 Å². The van der Waals surface area contributed by atoms with E-state index in [9.17, 15) is 18.3 Å². The first-order valence-corrected chi connectivity index (χ1v) is 10.3. The fraction of sp³-hybridized carbons (Fsp3) is 0.750. The predicted octanol–water partition coefficient (Wildman–Crippen LogP) is 1.15. The Morgan fingerprint density at radius 1 is 1.40 bits per heavy atom. The average Bonchev–Trinajstić information content (AvgIpc) is 2.98. The molecule has 0 saturated heterocycles. The molecule has 9 heteroatoms. The number of rotatable bonds is 7. The lowest BCUT2D eigenvalue weighted by Crippen LogP contribution is -2.49. The molecule has 0 aliphatic heterocycles. The van der Waals surface area contributed by atoms with E-state index in [0.29, 0.717) is 17.9 Å². The molecule has 0 radical (unpaired) electrons. The summed E-state index contributed by atoms with van der Waals surface area (Å²) in [5.41, 5.74) is 1.16. The van der Waals surface area contributed by atoms with Gasteiger partial charge in [0.1, 0.15) is 10.5 Å². The van der Waals surface area contributed by atoms with Crippen LogP contribution in [-0.2, 0) is 27.5 Å². The van der Waals surface area contributed by atoms with Crippen molar-refractivity contribution >= 4 is 15.7 Å². The standard InChI is InChI=1S/C16H26N2O6S/c1-15(14(19)17-21,25(2,22)23)9-6-12-10-13(24-18-12)11-16(20)7-4-3-5-8-16/h10,20-21H,3-9,11H2,1-2H3,(H,17,19). The summed E-state index contributed by atoms with van der Waals surface area (Å²) in [6.45, 7) is 1.26. The maximum Gasteiger partial charge on any atom is 0.264 e. The SMILES string of the molecule is CC(CCc1cc(CC2(O)CCCCC2)on1)(C(=O)NO)S(C)(=O)=O. The molecule has 1 amide bonds. The van der Waals surface area contributed by atoms with Crippen molar-refractivity contribution in [1.29, 1.82) is 0 Å². The summed E-state index contributed by atoms with van der Waals surface area (Å²) in [4.78, 5) is 11.8. The first-order chi connectivity index (χ1) is 11.6. The van der Waals surface area contributed by atoms with Gasteiger partial charge >= 0.3 is 0 Å². The molecule has 8 nitrogen and oxygen atoms in total. The molecule has 1 aliphatic rings. The minimum absolute atomic E-state index is 0.0472. The Hall–Kier alpha value is -1.45. The summed E-state index contributed by atoms with van der Waals surface area (Å²) in [5, 5.41) is 23.3. The molecule has 0 spiro atoms. The van der Waals surface area contributed by atoms with Gasteiger partial charge in [-0.05, 0) is 32.6 Å². The fourth-order valence-electron chi connectivity index (χ4n) is 3.22. The predicted molar refractivity (Wildman–Crippen MR) is 89.7 cm³/mol. The van der Waals surface area contributed by atoms with Gasteiger partial charge in [0.25, 0.3) is 5.91 Å². The first kappa shape index (κ1) is 19.9. The summed E-state index contributed by atoms with van der Waals surface area (Å²) in [7, 11) is -3.74. The van der Waals surface area contributed by atoms with Crippen molar-refractivity contribution in [2.45, 2.75) is 68.6 Å². The number of hydroxylamine groups is 1. The van der Waals surface area contributed by atoms with Gasteiger partial charge in [-0.25, -0.2) is 13.9 Å². The largest absolute Gasteiger partial charge is 0.389 e. The summed E-state index contributed by atoms with van der Waals surface area (Å²) >= 11 is 0. The molecule has 1 atom stereocenters. The van der Waals surface area contributed by atoms with E-state index in [1.54, 1.807) is 6.07 Å². The number of sulfone groups is 1.